The minimum absolute atomic E-state index is 0.124. The highest BCUT2D eigenvalue weighted by molar-refractivity contribution is 7.09. The number of non-ortho nitro benzene ring substituents is 2. The van der Waals surface area contributed by atoms with Crippen molar-refractivity contribution in [1.82, 2.24) is 10.3 Å². The minimum atomic E-state index is -0.776. The molecular formula is C13H12N4O5S. The molecule has 10 heteroatoms. The Balaban J connectivity index is 2.08. The molecule has 0 saturated heterocycles. The summed E-state index contributed by atoms with van der Waals surface area (Å²) in [4.78, 5) is 36.3. The number of nitro benzene ring substituents is 2. The lowest BCUT2D eigenvalue weighted by Crippen LogP contribution is -2.25. The number of carbonyl (C=O) groups is 1. The molecule has 1 N–H and O–H groups in total. The summed E-state index contributed by atoms with van der Waals surface area (Å²) in [5.74, 6) is -0.606. The van der Waals surface area contributed by atoms with E-state index in [0.717, 1.165) is 28.9 Å². The molecule has 1 aromatic heterocycles. The normalized spacial score (nSPS) is 10.3. The second kappa shape index (κ2) is 6.92. The SMILES string of the molecule is Cc1csc(CCNC(=O)c2cc([N+](=O)[O-])cc([N+](=O)[O-])c2)n1. The van der Waals surface area contributed by atoms with Gasteiger partial charge >= 0.3 is 0 Å². The number of nitrogens with one attached hydrogen (secondary N) is 1. The number of nitrogens with zero attached hydrogens (tertiary/aromatic N) is 3. The van der Waals surface area contributed by atoms with E-state index < -0.39 is 27.1 Å². The number of hydrogen-bond donors (Lipinski definition) is 1. The Bertz CT molecular complexity index is 741. The molecule has 0 saturated carbocycles. The predicted octanol–water partition coefficient (Wildman–Crippen LogP) is 2.24. The number of aromatic nitrogens is 1. The first kappa shape index (κ1) is 16.5. The molecule has 23 heavy (non-hydrogen) atoms. The number of hydrogen-bond acceptors (Lipinski definition) is 7. The van der Waals surface area contributed by atoms with E-state index in [4.69, 9.17) is 0 Å². The molecule has 0 bridgehead atoms. The summed E-state index contributed by atoms with van der Waals surface area (Å²) in [6, 6.07) is 2.83. The highest BCUT2D eigenvalue weighted by atomic mass is 32.1. The van der Waals surface area contributed by atoms with Crippen LogP contribution >= 0.6 is 11.3 Å². The van der Waals surface area contributed by atoms with Gasteiger partial charge in [-0.25, -0.2) is 4.98 Å². The van der Waals surface area contributed by atoms with Crippen molar-refractivity contribution >= 4 is 28.6 Å². The Labute approximate surface area is 134 Å². The lowest BCUT2D eigenvalue weighted by Gasteiger charge is -2.04. The number of benzene rings is 1. The number of nitro groups is 2. The second-order valence-corrected chi connectivity index (χ2v) is 5.58. The smallest absolute Gasteiger partial charge is 0.277 e. The fraction of sp³-hybridized carbons (Fsp3) is 0.231. The van der Waals surface area contributed by atoms with Crippen LogP contribution in [0.1, 0.15) is 21.1 Å². The first-order valence-corrected chi connectivity index (χ1v) is 7.38. The molecule has 0 radical (unpaired) electrons. The summed E-state index contributed by atoms with van der Waals surface area (Å²) in [5, 5.41) is 26.9. The van der Waals surface area contributed by atoms with Gasteiger partial charge in [-0.3, -0.25) is 25.0 Å². The van der Waals surface area contributed by atoms with Gasteiger partial charge in [-0.05, 0) is 6.92 Å². The minimum Gasteiger partial charge on any atom is -0.352 e. The molecule has 2 rings (SSSR count). The van der Waals surface area contributed by atoms with Gasteiger partial charge in [0.25, 0.3) is 17.3 Å². The van der Waals surface area contributed by atoms with Crippen LogP contribution in [0.3, 0.4) is 0 Å². The zero-order valence-corrected chi connectivity index (χ0v) is 12.8. The quantitative estimate of drug-likeness (QED) is 0.636. The fourth-order valence-corrected chi connectivity index (χ4v) is 2.62. The van der Waals surface area contributed by atoms with Gasteiger partial charge in [0.2, 0.25) is 0 Å². The zero-order chi connectivity index (χ0) is 17.0. The summed E-state index contributed by atoms with van der Waals surface area (Å²) in [7, 11) is 0. The Morgan fingerprint density at radius 2 is 1.83 bits per heavy atom. The highest BCUT2D eigenvalue weighted by Gasteiger charge is 2.19. The summed E-state index contributed by atoms with van der Waals surface area (Å²) in [6.45, 7) is 2.14. The molecule has 2 aromatic rings. The van der Waals surface area contributed by atoms with Crippen LogP contribution in [0.5, 0.6) is 0 Å². The number of carbonyl (C=O) groups excluding carboxylic acids is 1. The maximum Gasteiger partial charge on any atom is 0.277 e. The average Bonchev–Trinajstić information content (AvgIpc) is 2.92. The Kier molecular flexibility index (Phi) is 4.96. The Hall–Kier alpha value is -2.88. The molecule has 9 nitrogen and oxygen atoms in total. The zero-order valence-electron chi connectivity index (χ0n) is 12.0. The van der Waals surface area contributed by atoms with E-state index >= 15 is 0 Å². The molecule has 0 atom stereocenters. The number of rotatable bonds is 6. The van der Waals surface area contributed by atoms with Crippen molar-refractivity contribution in [1.29, 1.82) is 0 Å². The molecule has 0 aliphatic heterocycles. The van der Waals surface area contributed by atoms with Crippen molar-refractivity contribution < 1.29 is 14.6 Å². The van der Waals surface area contributed by atoms with Crippen LogP contribution < -0.4 is 5.32 Å². The van der Waals surface area contributed by atoms with Crippen LogP contribution in [0, 0.1) is 27.2 Å². The molecular weight excluding hydrogens is 324 g/mol. The van der Waals surface area contributed by atoms with E-state index in [1.807, 2.05) is 12.3 Å². The van der Waals surface area contributed by atoms with Crippen LogP contribution in [0.4, 0.5) is 11.4 Å². The van der Waals surface area contributed by atoms with E-state index in [0.29, 0.717) is 6.42 Å². The van der Waals surface area contributed by atoms with Gasteiger partial charge < -0.3 is 5.32 Å². The van der Waals surface area contributed by atoms with Crippen LogP contribution in [0.15, 0.2) is 23.6 Å². The Morgan fingerprint density at radius 1 is 1.22 bits per heavy atom. The first-order valence-electron chi connectivity index (χ1n) is 6.50. The standard InChI is InChI=1S/C13H12N4O5S/c1-8-7-23-12(15-8)2-3-14-13(18)9-4-10(16(19)20)6-11(5-9)17(21)22/h4-7H,2-3H2,1H3,(H,14,18). The van der Waals surface area contributed by atoms with Gasteiger partial charge in [-0.2, -0.15) is 0 Å². The van der Waals surface area contributed by atoms with Crippen LogP contribution in [-0.4, -0.2) is 27.3 Å². The molecule has 0 fully saturated rings. The molecule has 0 aliphatic carbocycles. The van der Waals surface area contributed by atoms with Gasteiger partial charge in [-0.15, -0.1) is 11.3 Å². The topological polar surface area (TPSA) is 128 Å². The van der Waals surface area contributed by atoms with Crippen molar-refractivity contribution in [3.8, 4) is 0 Å². The average molecular weight is 336 g/mol. The van der Waals surface area contributed by atoms with E-state index in [-0.39, 0.29) is 12.1 Å². The van der Waals surface area contributed by atoms with Crippen molar-refractivity contribution in [3.05, 3.63) is 60.1 Å². The summed E-state index contributed by atoms with van der Waals surface area (Å²) in [6.07, 6.45) is 0.515. The first-order chi connectivity index (χ1) is 10.9. The molecule has 0 spiro atoms. The van der Waals surface area contributed by atoms with E-state index in [2.05, 4.69) is 10.3 Å². The predicted molar refractivity (Wildman–Crippen MR) is 82.6 cm³/mol. The Morgan fingerprint density at radius 3 is 2.30 bits per heavy atom. The third kappa shape index (κ3) is 4.30. The highest BCUT2D eigenvalue weighted by Crippen LogP contribution is 2.22. The number of thiazole rings is 1. The largest absolute Gasteiger partial charge is 0.352 e. The van der Waals surface area contributed by atoms with E-state index in [1.54, 1.807) is 0 Å². The lowest BCUT2D eigenvalue weighted by molar-refractivity contribution is -0.394. The maximum atomic E-state index is 12.0. The van der Waals surface area contributed by atoms with Crippen molar-refractivity contribution in [2.75, 3.05) is 6.54 Å². The summed E-state index contributed by atoms with van der Waals surface area (Å²) >= 11 is 1.47. The molecule has 1 amide bonds. The second-order valence-electron chi connectivity index (χ2n) is 4.64. The molecule has 1 aromatic carbocycles. The molecule has 0 aliphatic rings. The van der Waals surface area contributed by atoms with Crippen molar-refractivity contribution in [3.63, 3.8) is 0 Å². The van der Waals surface area contributed by atoms with Gasteiger partial charge in [0.15, 0.2) is 0 Å². The molecule has 120 valence electrons. The van der Waals surface area contributed by atoms with Crippen molar-refractivity contribution in [2.45, 2.75) is 13.3 Å². The van der Waals surface area contributed by atoms with E-state index in [1.165, 1.54) is 11.3 Å². The summed E-state index contributed by atoms with van der Waals surface area (Å²) in [5.41, 5.74) is -0.230. The van der Waals surface area contributed by atoms with Gasteiger partial charge in [-0.1, -0.05) is 0 Å². The maximum absolute atomic E-state index is 12.0. The van der Waals surface area contributed by atoms with Crippen molar-refractivity contribution in [2.24, 2.45) is 0 Å². The van der Waals surface area contributed by atoms with Gasteiger partial charge in [0.1, 0.15) is 0 Å². The fourth-order valence-electron chi connectivity index (χ4n) is 1.84. The lowest BCUT2D eigenvalue weighted by atomic mass is 10.1. The van der Waals surface area contributed by atoms with Gasteiger partial charge in [0, 0.05) is 36.2 Å². The van der Waals surface area contributed by atoms with Crippen LogP contribution in [0.2, 0.25) is 0 Å². The number of amides is 1. The van der Waals surface area contributed by atoms with E-state index in [9.17, 15) is 25.0 Å². The molecule has 1 heterocycles. The third-order valence-corrected chi connectivity index (χ3v) is 3.90. The van der Waals surface area contributed by atoms with Crippen LogP contribution in [-0.2, 0) is 6.42 Å². The third-order valence-electron chi connectivity index (χ3n) is 2.88. The summed E-state index contributed by atoms with van der Waals surface area (Å²) < 4.78 is 0. The monoisotopic (exact) mass is 336 g/mol. The van der Waals surface area contributed by atoms with Gasteiger partial charge in [0.05, 0.1) is 26.5 Å². The molecule has 0 unspecified atom stereocenters. The number of aryl methyl sites for hydroxylation is 1. The van der Waals surface area contributed by atoms with Crippen LogP contribution in [0.25, 0.3) is 0 Å².